The van der Waals surface area contributed by atoms with Crippen molar-refractivity contribution in [2.75, 3.05) is 13.1 Å². The van der Waals surface area contributed by atoms with Gasteiger partial charge in [0.15, 0.2) is 0 Å². The molecular formula is C22H24ClN5O. The second-order valence-electron chi connectivity index (χ2n) is 7.39. The number of halogens is 1. The summed E-state index contributed by atoms with van der Waals surface area (Å²) in [4.78, 5) is 18.9. The minimum absolute atomic E-state index is 0.235. The Morgan fingerprint density at radius 1 is 1.31 bits per heavy atom. The first-order chi connectivity index (χ1) is 14.0. The summed E-state index contributed by atoms with van der Waals surface area (Å²) < 4.78 is 4.01. The fourth-order valence-corrected chi connectivity index (χ4v) is 4.07. The minimum atomic E-state index is -0.235. The Bertz CT molecular complexity index is 1170. The van der Waals surface area contributed by atoms with Gasteiger partial charge in [0.25, 0.3) is 5.56 Å². The van der Waals surface area contributed by atoms with Gasteiger partial charge in [0, 0.05) is 48.5 Å². The van der Waals surface area contributed by atoms with E-state index >= 15 is 0 Å². The van der Waals surface area contributed by atoms with Gasteiger partial charge in [-0.1, -0.05) is 23.8 Å². The minimum Gasteiger partial charge on any atom is -0.302 e. The van der Waals surface area contributed by atoms with Gasteiger partial charge >= 0.3 is 0 Å². The number of rotatable bonds is 5. The molecule has 0 spiro atoms. The zero-order valence-electron chi connectivity index (χ0n) is 16.7. The summed E-state index contributed by atoms with van der Waals surface area (Å²) in [6.45, 7) is 11.0. The van der Waals surface area contributed by atoms with Crippen molar-refractivity contribution in [3.05, 3.63) is 75.6 Å². The van der Waals surface area contributed by atoms with E-state index in [1.165, 1.54) is 5.56 Å². The molecule has 4 rings (SSSR count). The van der Waals surface area contributed by atoms with Gasteiger partial charge in [-0.05, 0) is 32.0 Å². The smallest absolute Gasteiger partial charge is 0.280 e. The largest absolute Gasteiger partial charge is 0.302 e. The van der Waals surface area contributed by atoms with Crippen molar-refractivity contribution in [2.24, 2.45) is 0 Å². The van der Waals surface area contributed by atoms with Crippen molar-refractivity contribution in [3.8, 4) is 0 Å². The molecule has 1 aliphatic heterocycles. The normalized spacial score (nSPS) is 14.9. The topological polar surface area (TPSA) is 56.0 Å². The Morgan fingerprint density at radius 2 is 2.14 bits per heavy atom. The highest BCUT2D eigenvalue weighted by molar-refractivity contribution is 6.31. The SMILES string of the molecule is C=CCn1cc(CN2CC=C(n3c(C)nc(=O)c4cc(Cl)ccc43)CC2)c(C)n1. The average molecular weight is 410 g/mol. The quantitative estimate of drug-likeness (QED) is 0.601. The van der Waals surface area contributed by atoms with Crippen LogP contribution in [0.1, 0.15) is 23.5 Å². The van der Waals surface area contributed by atoms with Gasteiger partial charge in [-0.3, -0.25) is 14.4 Å². The number of fused-ring (bicyclic) bond motifs is 1. The highest BCUT2D eigenvalue weighted by Gasteiger charge is 2.18. The first kappa shape index (κ1) is 19.6. The van der Waals surface area contributed by atoms with Crippen LogP contribution in [0.15, 0.2) is 47.9 Å². The predicted molar refractivity (Wildman–Crippen MR) is 117 cm³/mol. The highest BCUT2D eigenvalue weighted by Crippen LogP contribution is 2.25. The molecule has 0 unspecified atom stereocenters. The zero-order chi connectivity index (χ0) is 20.5. The molecule has 1 aliphatic rings. The van der Waals surface area contributed by atoms with Crippen molar-refractivity contribution < 1.29 is 0 Å². The molecule has 29 heavy (non-hydrogen) atoms. The van der Waals surface area contributed by atoms with E-state index in [9.17, 15) is 4.79 Å². The van der Waals surface area contributed by atoms with Gasteiger partial charge in [0.05, 0.1) is 23.1 Å². The molecule has 3 aromatic rings. The molecule has 0 amide bonds. The number of hydrogen-bond donors (Lipinski definition) is 0. The Labute approximate surface area is 174 Å². The molecule has 2 aromatic heterocycles. The fraction of sp³-hybridized carbons (Fsp3) is 0.318. The third-order valence-corrected chi connectivity index (χ3v) is 5.57. The van der Waals surface area contributed by atoms with Crippen LogP contribution >= 0.6 is 11.6 Å². The molecule has 6 nitrogen and oxygen atoms in total. The summed E-state index contributed by atoms with van der Waals surface area (Å²) in [6, 6.07) is 5.42. The lowest BCUT2D eigenvalue weighted by Gasteiger charge is -2.28. The summed E-state index contributed by atoms with van der Waals surface area (Å²) in [5, 5.41) is 5.64. The molecular weight excluding hydrogens is 386 g/mol. The second-order valence-corrected chi connectivity index (χ2v) is 7.83. The number of allylic oxidation sites excluding steroid dienone is 1. The van der Waals surface area contributed by atoms with Crippen molar-refractivity contribution in [1.29, 1.82) is 0 Å². The van der Waals surface area contributed by atoms with Crippen LogP contribution in [0, 0.1) is 13.8 Å². The summed E-state index contributed by atoms with van der Waals surface area (Å²) in [5.74, 6) is 0.700. The Morgan fingerprint density at radius 3 is 2.86 bits per heavy atom. The third-order valence-electron chi connectivity index (χ3n) is 5.33. The molecule has 7 heteroatoms. The number of aryl methyl sites for hydroxylation is 2. The number of benzene rings is 1. The molecule has 0 aliphatic carbocycles. The van der Waals surface area contributed by atoms with Crippen molar-refractivity contribution in [1.82, 2.24) is 24.2 Å². The lowest BCUT2D eigenvalue weighted by atomic mass is 10.1. The van der Waals surface area contributed by atoms with Crippen LogP contribution in [-0.2, 0) is 13.1 Å². The van der Waals surface area contributed by atoms with E-state index < -0.39 is 0 Å². The average Bonchev–Trinajstić information content (AvgIpc) is 3.03. The van der Waals surface area contributed by atoms with Gasteiger partial charge < -0.3 is 4.57 Å². The summed E-state index contributed by atoms with van der Waals surface area (Å²) in [6.07, 6.45) is 7.05. The maximum Gasteiger partial charge on any atom is 0.280 e. The molecule has 0 N–H and O–H groups in total. The van der Waals surface area contributed by atoms with E-state index in [-0.39, 0.29) is 5.56 Å². The van der Waals surface area contributed by atoms with Gasteiger partial charge in [-0.2, -0.15) is 10.1 Å². The molecule has 3 heterocycles. The van der Waals surface area contributed by atoms with Gasteiger partial charge in [0.2, 0.25) is 0 Å². The van der Waals surface area contributed by atoms with E-state index in [1.54, 1.807) is 6.07 Å². The first-order valence-electron chi connectivity index (χ1n) is 9.71. The first-order valence-corrected chi connectivity index (χ1v) is 10.1. The maximum atomic E-state index is 12.3. The number of aromatic nitrogens is 4. The van der Waals surface area contributed by atoms with Gasteiger partial charge in [-0.25, -0.2) is 0 Å². The number of nitrogens with zero attached hydrogens (tertiary/aromatic N) is 5. The standard InChI is InChI=1S/C22H24ClN5O/c1-4-9-27-14-17(15(2)25-27)13-26-10-7-19(8-11-26)28-16(3)24-22(29)20-12-18(23)5-6-21(20)28/h4-7,12,14H,1,8-11,13H2,2-3H3. The van der Waals surface area contributed by atoms with Gasteiger partial charge in [0.1, 0.15) is 5.82 Å². The molecule has 0 bridgehead atoms. The predicted octanol–water partition coefficient (Wildman–Crippen LogP) is 3.80. The van der Waals surface area contributed by atoms with Crippen LogP contribution < -0.4 is 5.56 Å². The van der Waals surface area contributed by atoms with Crippen LogP contribution in [0.2, 0.25) is 5.02 Å². The Hall–Kier alpha value is -2.70. The molecule has 0 atom stereocenters. The van der Waals surface area contributed by atoms with E-state index in [2.05, 4.69) is 38.4 Å². The van der Waals surface area contributed by atoms with Crippen molar-refractivity contribution in [2.45, 2.75) is 33.4 Å². The van der Waals surface area contributed by atoms with Gasteiger partial charge in [-0.15, -0.1) is 6.58 Å². The fourth-order valence-electron chi connectivity index (χ4n) is 3.90. The maximum absolute atomic E-state index is 12.3. The molecule has 1 aromatic carbocycles. The highest BCUT2D eigenvalue weighted by atomic mass is 35.5. The lowest BCUT2D eigenvalue weighted by molar-refractivity contribution is 0.291. The van der Waals surface area contributed by atoms with Crippen molar-refractivity contribution >= 4 is 28.2 Å². The molecule has 0 radical (unpaired) electrons. The molecule has 0 saturated carbocycles. The summed E-state index contributed by atoms with van der Waals surface area (Å²) >= 11 is 6.09. The molecule has 0 saturated heterocycles. The summed E-state index contributed by atoms with van der Waals surface area (Å²) in [5.41, 5.74) is 4.09. The lowest BCUT2D eigenvalue weighted by Crippen LogP contribution is -2.30. The van der Waals surface area contributed by atoms with E-state index in [4.69, 9.17) is 11.6 Å². The molecule has 150 valence electrons. The van der Waals surface area contributed by atoms with Crippen molar-refractivity contribution in [3.63, 3.8) is 0 Å². The van der Waals surface area contributed by atoms with Crippen LogP contribution in [-0.4, -0.2) is 37.3 Å². The van der Waals surface area contributed by atoms with Crippen LogP contribution in [0.25, 0.3) is 16.6 Å². The van der Waals surface area contributed by atoms with Crippen LogP contribution in [0.3, 0.4) is 0 Å². The van der Waals surface area contributed by atoms with Crippen LogP contribution in [0.4, 0.5) is 0 Å². The second kappa shape index (κ2) is 7.97. The molecule has 0 fully saturated rings. The van der Waals surface area contributed by atoms with Crippen LogP contribution in [0.5, 0.6) is 0 Å². The van der Waals surface area contributed by atoms with E-state index in [0.717, 1.165) is 49.5 Å². The van der Waals surface area contributed by atoms with E-state index in [0.29, 0.717) is 16.2 Å². The Kier molecular flexibility index (Phi) is 5.39. The number of hydrogen-bond acceptors (Lipinski definition) is 4. The zero-order valence-corrected chi connectivity index (χ0v) is 17.5. The summed E-state index contributed by atoms with van der Waals surface area (Å²) in [7, 11) is 0. The Balaban J connectivity index is 1.59. The van der Waals surface area contributed by atoms with E-state index in [1.807, 2.05) is 36.7 Å². The monoisotopic (exact) mass is 409 g/mol. The third kappa shape index (κ3) is 3.91.